The summed E-state index contributed by atoms with van der Waals surface area (Å²) >= 11 is 0. The van der Waals surface area contributed by atoms with E-state index in [1.54, 1.807) is 30.3 Å². The number of halogens is 1. The number of nitrogens with zero attached hydrogens (tertiary/aromatic N) is 2. The normalized spacial score (nSPS) is 10.4. The molecule has 174 valence electrons. The number of carbonyl (C=O) groups is 3. The first-order valence-electron chi connectivity index (χ1n) is 10.1. The Balaban J connectivity index is 1.77. The summed E-state index contributed by atoms with van der Waals surface area (Å²) in [7, 11) is 0. The summed E-state index contributed by atoms with van der Waals surface area (Å²) in [6.07, 6.45) is -1.29. The van der Waals surface area contributed by atoms with Crippen LogP contribution in [0.15, 0.2) is 72.8 Å². The highest BCUT2D eigenvalue weighted by Gasteiger charge is 2.22. The number of hydrogen-bond acceptors (Lipinski definition) is 5. The van der Waals surface area contributed by atoms with E-state index in [2.05, 4.69) is 5.32 Å². The van der Waals surface area contributed by atoms with Gasteiger partial charge in [-0.1, -0.05) is 42.5 Å². The molecule has 0 saturated carbocycles. The Morgan fingerprint density at radius 1 is 0.971 bits per heavy atom. The number of rotatable bonds is 9. The van der Waals surface area contributed by atoms with E-state index in [9.17, 15) is 34.0 Å². The average molecular weight is 465 g/mol. The van der Waals surface area contributed by atoms with Crippen LogP contribution in [0, 0.1) is 15.9 Å². The molecular weight excluding hydrogens is 445 g/mol. The lowest BCUT2D eigenvalue weighted by Crippen LogP contribution is -2.39. The van der Waals surface area contributed by atoms with Crippen molar-refractivity contribution in [2.75, 3.05) is 6.54 Å². The van der Waals surface area contributed by atoms with Crippen LogP contribution >= 0.6 is 0 Å². The van der Waals surface area contributed by atoms with Gasteiger partial charge in [0.25, 0.3) is 5.69 Å². The van der Waals surface area contributed by atoms with E-state index in [-0.39, 0.29) is 35.5 Å². The number of carbonyl (C=O) groups excluding carboxylic acids is 2. The fraction of sp³-hybridized carbons (Fsp3) is 0.125. The highest BCUT2D eigenvalue weighted by Crippen LogP contribution is 2.22. The van der Waals surface area contributed by atoms with Gasteiger partial charge in [0.15, 0.2) is 5.78 Å². The monoisotopic (exact) mass is 465 g/mol. The molecule has 0 atom stereocenters. The van der Waals surface area contributed by atoms with Crippen molar-refractivity contribution in [1.82, 2.24) is 10.2 Å². The van der Waals surface area contributed by atoms with E-state index >= 15 is 0 Å². The Bertz CT molecular complexity index is 1230. The van der Waals surface area contributed by atoms with Crippen LogP contribution < -0.4 is 5.32 Å². The van der Waals surface area contributed by atoms with Crippen molar-refractivity contribution in [3.63, 3.8) is 0 Å². The molecule has 0 fully saturated rings. The second-order valence-electron chi connectivity index (χ2n) is 7.31. The predicted octanol–water partition coefficient (Wildman–Crippen LogP) is 3.76. The molecule has 2 N–H and O–H groups in total. The molecule has 0 saturated heterocycles. The van der Waals surface area contributed by atoms with Crippen LogP contribution in [0.3, 0.4) is 0 Å². The molecule has 0 aliphatic heterocycles. The highest BCUT2D eigenvalue weighted by molar-refractivity contribution is 6.10. The number of benzene rings is 3. The van der Waals surface area contributed by atoms with Crippen LogP contribution in [0.25, 0.3) is 0 Å². The van der Waals surface area contributed by atoms with Gasteiger partial charge in [0, 0.05) is 30.8 Å². The minimum atomic E-state index is -1.29. The molecule has 0 unspecified atom stereocenters. The Morgan fingerprint density at radius 3 is 2.29 bits per heavy atom. The summed E-state index contributed by atoms with van der Waals surface area (Å²) in [4.78, 5) is 48.3. The maximum Gasteiger partial charge on any atom is 0.408 e. The summed E-state index contributed by atoms with van der Waals surface area (Å²) in [6, 6.07) is 17.4. The van der Waals surface area contributed by atoms with Gasteiger partial charge in [-0.3, -0.25) is 24.6 Å². The van der Waals surface area contributed by atoms with Gasteiger partial charge < -0.3 is 10.4 Å². The molecule has 3 rings (SSSR count). The van der Waals surface area contributed by atoms with E-state index in [1.807, 2.05) is 0 Å². The topological polar surface area (TPSA) is 130 Å². The third kappa shape index (κ3) is 6.00. The van der Waals surface area contributed by atoms with Crippen molar-refractivity contribution >= 4 is 23.5 Å². The molecule has 3 aromatic carbocycles. The molecule has 0 heterocycles. The fourth-order valence-electron chi connectivity index (χ4n) is 3.25. The van der Waals surface area contributed by atoms with Crippen molar-refractivity contribution in [2.45, 2.75) is 13.1 Å². The first-order chi connectivity index (χ1) is 16.3. The maximum atomic E-state index is 14.1. The first-order valence-corrected chi connectivity index (χ1v) is 10.1. The second kappa shape index (κ2) is 10.8. The molecule has 0 spiro atoms. The summed E-state index contributed by atoms with van der Waals surface area (Å²) in [5, 5.41) is 23.1. The van der Waals surface area contributed by atoms with Gasteiger partial charge in [0.2, 0.25) is 5.91 Å². The van der Waals surface area contributed by atoms with Crippen LogP contribution in [-0.2, 0) is 17.9 Å². The Kier molecular flexibility index (Phi) is 7.65. The van der Waals surface area contributed by atoms with Crippen molar-refractivity contribution in [3.05, 3.63) is 111 Å². The largest absolute Gasteiger partial charge is 0.465 e. The Morgan fingerprint density at radius 2 is 1.65 bits per heavy atom. The minimum absolute atomic E-state index is 0.00184. The van der Waals surface area contributed by atoms with Crippen LogP contribution in [0.2, 0.25) is 0 Å². The van der Waals surface area contributed by atoms with Crippen LogP contribution in [0.1, 0.15) is 27.0 Å². The second-order valence-corrected chi connectivity index (χ2v) is 7.31. The highest BCUT2D eigenvalue weighted by atomic mass is 19.1. The molecule has 0 aromatic heterocycles. The molecular formula is C24H20FN3O6. The first kappa shape index (κ1) is 24.1. The maximum absolute atomic E-state index is 14.1. The fourth-order valence-corrected chi connectivity index (χ4v) is 3.25. The number of nitro groups is 1. The number of ketones is 1. The minimum Gasteiger partial charge on any atom is -0.465 e. The van der Waals surface area contributed by atoms with Gasteiger partial charge in [-0.2, -0.15) is 0 Å². The third-order valence-electron chi connectivity index (χ3n) is 4.96. The van der Waals surface area contributed by atoms with E-state index in [0.29, 0.717) is 5.56 Å². The molecule has 0 aliphatic carbocycles. The summed E-state index contributed by atoms with van der Waals surface area (Å²) < 4.78 is 14.1. The molecule has 3 aromatic rings. The lowest BCUT2D eigenvalue weighted by Gasteiger charge is -2.19. The Hall–Kier alpha value is -4.60. The quantitative estimate of drug-likeness (QED) is 0.281. The number of nitrogens with one attached hydrogen (secondary N) is 1. The Labute approximate surface area is 193 Å². The van der Waals surface area contributed by atoms with E-state index in [4.69, 9.17) is 0 Å². The molecule has 2 amide bonds. The van der Waals surface area contributed by atoms with Gasteiger partial charge in [-0.25, -0.2) is 9.18 Å². The van der Waals surface area contributed by atoms with E-state index in [1.165, 1.54) is 30.3 Å². The molecule has 0 radical (unpaired) electrons. The third-order valence-corrected chi connectivity index (χ3v) is 4.96. The number of amides is 2. The lowest BCUT2D eigenvalue weighted by molar-refractivity contribution is -0.384. The smallest absolute Gasteiger partial charge is 0.408 e. The number of hydrogen-bond donors (Lipinski definition) is 2. The standard InChI is InChI=1S/C24H20FN3O6/c25-21-9-5-4-8-19(21)23(30)20-12-18(28(33)34)11-10-17(20)13-26-22(29)15-27(24(31)32)14-16-6-2-1-3-7-16/h1-12H,13-15H2,(H,26,29)(H,31,32). The molecule has 9 nitrogen and oxygen atoms in total. The van der Waals surface area contributed by atoms with Gasteiger partial charge in [0.05, 0.1) is 10.5 Å². The number of carboxylic acid groups (broad SMARTS) is 1. The van der Waals surface area contributed by atoms with Crippen LogP contribution in [0.4, 0.5) is 14.9 Å². The summed E-state index contributed by atoms with van der Waals surface area (Å²) in [6.45, 7) is -0.683. The van der Waals surface area contributed by atoms with Gasteiger partial charge in [0.1, 0.15) is 12.4 Å². The number of non-ortho nitro benzene ring substituents is 1. The molecule has 10 heteroatoms. The van der Waals surface area contributed by atoms with Gasteiger partial charge >= 0.3 is 6.09 Å². The van der Waals surface area contributed by atoms with Crippen molar-refractivity contribution in [2.24, 2.45) is 0 Å². The zero-order valence-corrected chi connectivity index (χ0v) is 17.8. The SMILES string of the molecule is O=C(CN(Cc1ccccc1)C(=O)O)NCc1ccc([N+](=O)[O-])cc1C(=O)c1ccccc1F. The van der Waals surface area contributed by atoms with Crippen molar-refractivity contribution in [1.29, 1.82) is 0 Å². The molecule has 34 heavy (non-hydrogen) atoms. The van der Waals surface area contributed by atoms with Crippen molar-refractivity contribution in [3.8, 4) is 0 Å². The predicted molar refractivity (Wildman–Crippen MR) is 120 cm³/mol. The van der Waals surface area contributed by atoms with Gasteiger partial charge in [-0.15, -0.1) is 0 Å². The summed E-state index contributed by atoms with van der Waals surface area (Å²) in [5.41, 5.74) is 0.145. The number of nitro benzene ring substituents is 1. The van der Waals surface area contributed by atoms with E-state index < -0.39 is 35.1 Å². The van der Waals surface area contributed by atoms with Crippen LogP contribution in [-0.4, -0.2) is 39.3 Å². The van der Waals surface area contributed by atoms with E-state index in [0.717, 1.165) is 17.0 Å². The molecule has 0 aliphatic rings. The van der Waals surface area contributed by atoms with Crippen LogP contribution in [0.5, 0.6) is 0 Å². The molecule has 0 bridgehead atoms. The lowest BCUT2D eigenvalue weighted by atomic mass is 9.97. The van der Waals surface area contributed by atoms with Gasteiger partial charge in [-0.05, 0) is 29.3 Å². The summed E-state index contributed by atoms with van der Waals surface area (Å²) in [5.74, 6) is -2.20. The zero-order chi connectivity index (χ0) is 24.7. The zero-order valence-electron chi connectivity index (χ0n) is 17.8. The average Bonchev–Trinajstić information content (AvgIpc) is 2.82. The van der Waals surface area contributed by atoms with Crippen molar-refractivity contribution < 1.29 is 28.8 Å².